The normalized spacial score (nSPS) is 14.6. The minimum absolute atomic E-state index is 0.253. The SMILES string of the molecule is COc1ccc(CNCCCC(C)(C)C(=O)N2CCC(n3cc(-c4cnc5ccccc5n4)cn3)CC2)cc1. The number of carbonyl (C=O) groups is 1. The van der Waals surface area contributed by atoms with E-state index in [1.54, 1.807) is 7.11 Å². The van der Waals surface area contributed by atoms with Gasteiger partial charge in [0, 0.05) is 36.8 Å². The maximum Gasteiger partial charge on any atom is 0.228 e. The highest BCUT2D eigenvalue weighted by Crippen LogP contribution is 2.30. The van der Waals surface area contributed by atoms with Crippen molar-refractivity contribution in [1.82, 2.24) is 30.0 Å². The van der Waals surface area contributed by atoms with Gasteiger partial charge >= 0.3 is 0 Å². The Kier molecular flexibility index (Phi) is 8.21. The van der Waals surface area contributed by atoms with Gasteiger partial charge in [-0.2, -0.15) is 5.10 Å². The number of nitrogens with zero attached hydrogens (tertiary/aromatic N) is 5. The lowest BCUT2D eigenvalue weighted by molar-refractivity contribution is -0.142. The number of aromatic nitrogens is 4. The van der Waals surface area contributed by atoms with E-state index in [0.29, 0.717) is 0 Å². The number of rotatable bonds is 10. The molecule has 204 valence electrons. The number of likely N-dealkylation sites (tertiary alicyclic amines) is 1. The number of hydrogen-bond acceptors (Lipinski definition) is 6. The summed E-state index contributed by atoms with van der Waals surface area (Å²) in [6, 6.07) is 16.3. The molecule has 8 nitrogen and oxygen atoms in total. The van der Waals surface area contributed by atoms with Gasteiger partial charge in [0.25, 0.3) is 0 Å². The van der Waals surface area contributed by atoms with Crippen molar-refractivity contribution in [3.05, 3.63) is 72.7 Å². The van der Waals surface area contributed by atoms with Gasteiger partial charge in [0.15, 0.2) is 0 Å². The zero-order valence-electron chi connectivity index (χ0n) is 23.1. The molecule has 39 heavy (non-hydrogen) atoms. The van der Waals surface area contributed by atoms with Gasteiger partial charge in [0.2, 0.25) is 5.91 Å². The van der Waals surface area contributed by atoms with Crippen molar-refractivity contribution < 1.29 is 9.53 Å². The number of ether oxygens (including phenoxy) is 1. The van der Waals surface area contributed by atoms with Crippen LogP contribution in [0.15, 0.2) is 67.1 Å². The van der Waals surface area contributed by atoms with Crippen LogP contribution in [0.25, 0.3) is 22.3 Å². The summed E-state index contributed by atoms with van der Waals surface area (Å²) in [7, 11) is 1.68. The van der Waals surface area contributed by atoms with E-state index in [0.717, 1.165) is 79.9 Å². The Bertz CT molecular complexity index is 1390. The summed E-state index contributed by atoms with van der Waals surface area (Å²) < 4.78 is 7.25. The van der Waals surface area contributed by atoms with Crippen molar-refractivity contribution >= 4 is 16.9 Å². The Morgan fingerprint density at radius 3 is 2.54 bits per heavy atom. The first-order valence-corrected chi connectivity index (χ1v) is 13.8. The molecule has 0 spiro atoms. The Hall–Kier alpha value is -3.78. The van der Waals surface area contributed by atoms with Gasteiger partial charge in [-0.1, -0.05) is 38.1 Å². The van der Waals surface area contributed by atoms with Crippen LogP contribution in [0.3, 0.4) is 0 Å². The second-order valence-corrected chi connectivity index (χ2v) is 11.0. The summed E-state index contributed by atoms with van der Waals surface area (Å²) in [5.74, 6) is 1.12. The topological polar surface area (TPSA) is 85.2 Å². The fourth-order valence-corrected chi connectivity index (χ4v) is 5.27. The summed E-state index contributed by atoms with van der Waals surface area (Å²) in [6.45, 7) is 7.37. The van der Waals surface area contributed by atoms with Crippen molar-refractivity contribution in [2.45, 2.75) is 52.1 Å². The number of fused-ring (bicyclic) bond motifs is 1. The van der Waals surface area contributed by atoms with Crippen LogP contribution in [-0.4, -0.2) is 57.3 Å². The van der Waals surface area contributed by atoms with Crippen molar-refractivity contribution in [1.29, 1.82) is 0 Å². The fourth-order valence-electron chi connectivity index (χ4n) is 5.27. The standard InChI is InChI=1S/C31H38N6O2/c1-31(2,15-6-16-32-19-23-9-11-26(39-3)12-10-23)30(38)36-17-13-25(14-18-36)37-22-24(20-34-37)29-21-33-27-7-4-5-8-28(27)35-29/h4-5,7-12,20-22,25,32H,6,13-19H2,1-3H3. The minimum Gasteiger partial charge on any atom is -0.497 e. The summed E-state index contributed by atoms with van der Waals surface area (Å²) in [6.07, 6.45) is 9.34. The van der Waals surface area contributed by atoms with Gasteiger partial charge in [-0.3, -0.25) is 14.5 Å². The third-order valence-electron chi connectivity index (χ3n) is 7.69. The molecular formula is C31H38N6O2. The van der Waals surface area contributed by atoms with Crippen LogP contribution >= 0.6 is 0 Å². The molecule has 4 aromatic rings. The summed E-state index contributed by atoms with van der Waals surface area (Å²) in [5.41, 5.74) is 4.41. The first-order valence-electron chi connectivity index (χ1n) is 13.8. The molecule has 1 saturated heterocycles. The average Bonchev–Trinajstić information content (AvgIpc) is 3.47. The van der Waals surface area contributed by atoms with E-state index >= 15 is 0 Å². The molecule has 8 heteroatoms. The monoisotopic (exact) mass is 526 g/mol. The average molecular weight is 527 g/mol. The van der Waals surface area contributed by atoms with Crippen LogP contribution in [0.5, 0.6) is 5.75 Å². The molecule has 3 heterocycles. The number of benzene rings is 2. The van der Waals surface area contributed by atoms with Crippen LogP contribution in [-0.2, 0) is 11.3 Å². The Balaban J connectivity index is 1.08. The van der Waals surface area contributed by atoms with E-state index < -0.39 is 0 Å². The second kappa shape index (κ2) is 11.9. The zero-order chi connectivity index (χ0) is 27.2. The summed E-state index contributed by atoms with van der Waals surface area (Å²) >= 11 is 0. The first-order chi connectivity index (χ1) is 18.9. The molecule has 0 saturated carbocycles. The van der Waals surface area contributed by atoms with E-state index in [9.17, 15) is 4.79 Å². The van der Waals surface area contributed by atoms with Gasteiger partial charge in [-0.15, -0.1) is 0 Å². The lowest BCUT2D eigenvalue weighted by Gasteiger charge is -2.37. The number of nitrogens with one attached hydrogen (secondary N) is 1. The molecule has 0 bridgehead atoms. The van der Waals surface area contributed by atoms with Crippen molar-refractivity contribution in [3.63, 3.8) is 0 Å². The molecule has 5 rings (SSSR count). The van der Waals surface area contributed by atoms with Gasteiger partial charge < -0.3 is 15.0 Å². The van der Waals surface area contributed by atoms with Crippen LogP contribution < -0.4 is 10.1 Å². The molecule has 1 N–H and O–H groups in total. The third-order valence-corrected chi connectivity index (χ3v) is 7.69. The number of para-hydroxylation sites is 2. The van der Waals surface area contributed by atoms with Crippen LogP contribution in [0.2, 0.25) is 0 Å². The molecule has 2 aromatic carbocycles. The highest BCUT2D eigenvalue weighted by molar-refractivity contribution is 5.82. The largest absolute Gasteiger partial charge is 0.497 e. The van der Waals surface area contributed by atoms with Gasteiger partial charge in [0.05, 0.1) is 42.3 Å². The van der Waals surface area contributed by atoms with Crippen LogP contribution in [0.4, 0.5) is 0 Å². The summed E-state index contributed by atoms with van der Waals surface area (Å²) in [5, 5.41) is 8.13. The number of hydrogen-bond donors (Lipinski definition) is 1. The molecule has 0 radical (unpaired) electrons. The highest BCUT2D eigenvalue weighted by atomic mass is 16.5. The van der Waals surface area contributed by atoms with E-state index in [2.05, 4.69) is 47.6 Å². The lowest BCUT2D eigenvalue weighted by atomic mass is 9.85. The molecule has 0 aliphatic carbocycles. The number of piperidine rings is 1. The van der Waals surface area contributed by atoms with E-state index in [-0.39, 0.29) is 17.4 Å². The van der Waals surface area contributed by atoms with Crippen molar-refractivity contribution in [3.8, 4) is 17.0 Å². The second-order valence-electron chi connectivity index (χ2n) is 11.0. The predicted molar refractivity (Wildman–Crippen MR) is 153 cm³/mol. The maximum absolute atomic E-state index is 13.4. The van der Waals surface area contributed by atoms with E-state index in [1.165, 1.54) is 5.56 Å². The van der Waals surface area contributed by atoms with E-state index in [4.69, 9.17) is 9.72 Å². The molecule has 0 atom stereocenters. The molecule has 2 aromatic heterocycles. The quantitative estimate of drug-likeness (QED) is 0.284. The molecular weight excluding hydrogens is 488 g/mol. The van der Waals surface area contributed by atoms with Crippen LogP contribution in [0.1, 0.15) is 51.1 Å². The van der Waals surface area contributed by atoms with Gasteiger partial charge in [-0.25, -0.2) is 4.98 Å². The summed E-state index contributed by atoms with van der Waals surface area (Å²) in [4.78, 5) is 24.7. The number of amides is 1. The first kappa shape index (κ1) is 26.8. The smallest absolute Gasteiger partial charge is 0.228 e. The van der Waals surface area contributed by atoms with Crippen molar-refractivity contribution in [2.24, 2.45) is 5.41 Å². The zero-order valence-corrected chi connectivity index (χ0v) is 23.1. The fraction of sp³-hybridized carbons (Fsp3) is 0.419. The Labute approximate surface area is 230 Å². The third kappa shape index (κ3) is 6.45. The van der Waals surface area contributed by atoms with Gasteiger partial charge in [-0.05, 0) is 62.1 Å². The number of carbonyl (C=O) groups excluding carboxylic acids is 1. The maximum atomic E-state index is 13.4. The molecule has 1 fully saturated rings. The van der Waals surface area contributed by atoms with Crippen molar-refractivity contribution in [2.75, 3.05) is 26.7 Å². The number of methoxy groups -OCH3 is 1. The lowest BCUT2D eigenvalue weighted by Crippen LogP contribution is -2.45. The van der Waals surface area contributed by atoms with E-state index in [1.807, 2.05) is 58.4 Å². The Morgan fingerprint density at radius 2 is 1.79 bits per heavy atom. The molecule has 1 aliphatic heterocycles. The predicted octanol–water partition coefficient (Wildman–Crippen LogP) is 5.26. The highest BCUT2D eigenvalue weighted by Gasteiger charge is 2.34. The van der Waals surface area contributed by atoms with Crippen LogP contribution in [0, 0.1) is 5.41 Å². The minimum atomic E-state index is -0.373. The molecule has 0 unspecified atom stereocenters. The Morgan fingerprint density at radius 1 is 1.05 bits per heavy atom. The molecule has 1 aliphatic rings. The molecule has 1 amide bonds. The van der Waals surface area contributed by atoms with Gasteiger partial charge in [0.1, 0.15) is 5.75 Å².